The minimum absolute atomic E-state index is 0.0121. The third-order valence-electron chi connectivity index (χ3n) is 4.43. The Morgan fingerprint density at radius 1 is 1.00 bits per heavy atom. The van der Waals surface area contributed by atoms with E-state index in [1.807, 2.05) is 36.4 Å². The Kier molecular flexibility index (Phi) is 5.74. The monoisotopic (exact) mass is 384 g/mol. The van der Waals surface area contributed by atoms with Gasteiger partial charge in [0.25, 0.3) is 0 Å². The van der Waals surface area contributed by atoms with Crippen LogP contribution in [0.1, 0.15) is 5.56 Å². The highest BCUT2D eigenvalue weighted by Gasteiger charge is 2.31. The lowest BCUT2D eigenvalue weighted by molar-refractivity contribution is -0.130. The van der Waals surface area contributed by atoms with E-state index in [9.17, 15) is 13.2 Å². The van der Waals surface area contributed by atoms with Gasteiger partial charge in [0.15, 0.2) is 0 Å². The number of benzene rings is 2. The minimum atomic E-state index is -3.75. The number of nitriles is 1. The summed E-state index contributed by atoms with van der Waals surface area (Å²) in [4.78, 5) is 14.0. The zero-order valence-corrected chi connectivity index (χ0v) is 15.5. The van der Waals surface area contributed by atoms with E-state index in [0.29, 0.717) is 13.1 Å². The summed E-state index contributed by atoms with van der Waals surface area (Å²) >= 11 is 0. The Balaban J connectivity index is 1.60. The van der Waals surface area contributed by atoms with Crippen LogP contribution < -0.4 is 5.32 Å². The predicted octanol–water partition coefficient (Wildman–Crippen LogP) is 1.50. The molecule has 1 N–H and O–H groups in total. The molecule has 0 spiro atoms. The van der Waals surface area contributed by atoms with Crippen molar-refractivity contribution in [3.05, 3.63) is 60.2 Å². The van der Waals surface area contributed by atoms with E-state index in [1.54, 1.807) is 17.0 Å². The fourth-order valence-corrected chi connectivity index (χ4v) is 4.51. The maximum Gasteiger partial charge on any atom is 0.244 e. The molecule has 1 fully saturated rings. The zero-order chi connectivity index (χ0) is 19.3. The number of nitrogens with zero attached hydrogens (tertiary/aromatic N) is 3. The van der Waals surface area contributed by atoms with Gasteiger partial charge in [0.05, 0.1) is 17.0 Å². The number of nitrogens with one attached hydrogen (secondary N) is 1. The van der Waals surface area contributed by atoms with Crippen LogP contribution in [0, 0.1) is 11.3 Å². The van der Waals surface area contributed by atoms with Gasteiger partial charge in [0, 0.05) is 31.9 Å². The average molecular weight is 384 g/mol. The van der Waals surface area contributed by atoms with E-state index in [-0.39, 0.29) is 36.0 Å². The second-order valence-corrected chi connectivity index (χ2v) is 8.02. The molecular formula is C19H20N4O3S. The van der Waals surface area contributed by atoms with E-state index in [0.717, 1.165) is 5.69 Å². The summed E-state index contributed by atoms with van der Waals surface area (Å²) in [5.74, 6) is -0.0756. The molecule has 1 saturated heterocycles. The van der Waals surface area contributed by atoms with Crippen LogP contribution in [0.3, 0.4) is 0 Å². The normalized spacial score (nSPS) is 15.1. The van der Waals surface area contributed by atoms with E-state index < -0.39 is 10.0 Å². The van der Waals surface area contributed by atoms with E-state index in [2.05, 4.69) is 5.32 Å². The highest BCUT2D eigenvalue weighted by atomic mass is 32.2. The molecule has 0 aromatic heterocycles. The van der Waals surface area contributed by atoms with Crippen LogP contribution in [0.4, 0.5) is 5.69 Å². The van der Waals surface area contributed by atoms with Crippen molar-refractivity contribution in [2.75, 3.05) is 38.0 Å². The lowest BCUT2D eigenvalue weighted by atomic mass is 10.2. The molecule has 140 valence electrons. The second kappa shape index (κ2) is 8.20. The van der Waals surface area contributed by atoms with Gasteiger partial charge in [-0.05, 0) is 24.3 Å². The van der Waals surface area contributed by atoms with Gasteiger partial charge in [0.2, 0.25) is 15.9 Å². The van der Waals surface area contributed by atoms with Gasteiger partial charge < -0.3 is 10.2 Å². The fourth-order valence-electron chi connectivity index (χ4n) is 2.95. The van der Waals surface area contributed by atoms with Crippen LogP contribution in [0.5, 0.6) is 0 Å². The standard InChI is InChI=1S/C19H20N4O3S/c20-14-16-6-4-5-9-18(16)27(25,26)23-12-10-22(11-13-23)19(24)15-21-17-7-2-1-3-8-17/h1-9,21H,10-13,15H2. The molecule has 0 unspecified atom stereocenters. The van der Waals surface area contributed by atoms with Crippen molar-refractivity contribution < 1.29 is 13.2 Å². The van der Waals surface area contributed by atoms with Crippen molar-refractivity contribution in [1.82, 2.24) is 9.21 Å². The number of hydrogen-bond acceptors (Lipinski definition) is 5. The Hall–Kier alpha value is -2.89. The molecule has 0 aliphatic carbocycles. The van der Waals surface area contributed by atoms with Crippen LogP contribution >= 0.6 is 0 Å². The molecule has 0 radical (unpaired) electrons. The molecule has 1 aliphatic heterocycles. The number of anilines is 1. The highest BCUT2D eigenvalue weighted by Crippen LogP contribution is 2.21. The molecular weight excluding hydrogens is 364 g/mol. The summed E-state index contributed by atoms with van der Waals surface area (Å²) in [5, 5.41) is 12.2. The van der Waals surface area contributed by atoms with Crippen LogP contribution in [0.15, 0.2) is 59.5 Å². The van der Waals surface area contributed by atoms with Gasteiger partial charge in [-0.1, -0.05) is 30.3 Å². The van der Waals surface area contributed by atoms with Gasteiger partial charge >= 0.3 is 0 Å². The number of carbonyl (C=O) groups excluding carboxylic acids is 1. The van der Waals surface area contributed by atoms with Crippen LogP contribution in [0.25, 0.3) is 0 Å². The number of amides is 1. The van der Waals surface area contributed by atoms with Crippen molar-refractivity contribution in [2.24, 2.45) is 0 Å². The molecule has 3 rings (SSSR count). The van der Waals surface area contributed by atoms with Gasteiger partial charge in [-0.2, -0.15) is 9.57 Å². The smallest absolute Gasteiger partial charge is 0.244 e. The number of sulfonamides is 1. The van der Waals surface area contributed by atoms with E-state index in [4.69, 9.17) is 5.26 Å². The lowest BCUT2D eigenvalue weighted by Gasteiger charge is -2.34. The molecule has 2 aromatic carbocycles. The van der Waals surface area contributed by atoms with Gasteiger partial charge in [-0.15, -0.1) is 0 Å². The minimum Gasteiger partial charge on any atom is -0.376 e. The van der Waals surface area contributed by atoms with Gasteiger partial charge in [-0.3, -0.25) is 4.79 Å². The molecule has 0 bridgehead atoms. The fraction of sp³-hybridized carbons (Fsp3) is 0.263. The number of hydrogen-bond donors (Lipinski definition) is 1. The second-order valence-electron chi connectivity index (χ2n) is 6.11. The topological polar surface area (TPSA) is 93.5 Å². The summed E-state index contributed by atoms with van der Waals surface area (Å²) in [5.41, 5.74) is 0.989. The largest absolute Gasteiger partial charge is 0.376 e. The maximum absolute atomic E-state index is 12.8. The third kappa shape index (κ3) is 4.27. The Morgan fingerprint density at radius 3 is 2.30 bits per heavy atom. The Morgan fingerprint density at radius 2 is 1.63 bits per heavy atom. The van der Waals surface area contributed by atoms with Gasteiger partial charge in [-0.25, -0.2) is 8.42 Å². The zero-order valence-electron chi connectivity index (χ0n) is 14.7. The van der Waals surface area contributed by atoms with Crippen molar-refractivity contribution in [2.45, 2.75) is 4.90 Å². The molecule has 7 nitrogen and oxygen atoms in total. The van der Waals surface area contributed by atoms with Crippen LogP contribution in [-0.4, -0.2) is 56.3 Å². The molecule has 0 saturated carbocycles. The number of rotatable bonds is 5. The first-order valence-electron chi connectivity index (χ1n) is 8.58. The molecule has 8 heteroatoms. The quantitative estimate of drug-likeness (QED) is 0.843. The molecule has 0 atom stereocenters. The van der Waals surface area contributed by atoms with Crippen LogP contribution in [0.2, 0.25) is 0 Å². The Bertz CT molecular complexity index is 946. The third-order valence-corrected chi connectivity index (χ3v) is 6.39. The van der Waals surface area contributed by atoms with Crippen molar-refractivity contribution in [3.63, 3.8) is 0 Å². The van der Waals surface area contributed by atoms with E-state index in [1.165, 1.54) is 16.4 Å². The Labute approximate surface area is 158 Å². The average Bonchev–Trinajstić information content (AvgIpc) is 2.72. The number of piperazine rings is 1. The SMILES string of the molecule is N#Cc1ccccc1S(=O)(=O)N1CCN(C(=O)CNc2ccccc2)CC1. The molecule has 2 aromatic rings. The first-order chi connectivity index (χ1) is 13.0. The molecule has 1 amide bonds. The molecule has 1 heterocycles. The summed E-state index contributed by atoms with van der Waals surface area (Å²) in [6.45, 7) is 1.22. The maximum atomic E-state index is 12.8. The van der Waals surface area contributed by atoms with Crippen molar-refractivity contribution in [1.29, 1.82) is 5.26 Å². The van der Waals surface area contributed by atoms with Crippen LogP contribution in [-0.2, 0) is 14.8 Å². The summed E-state index contributed by atoms with van der Waals surface area (Å²) < 4.78 is 27.0. The first-order valence-corrected chi connectivity index (χ1v) is 10.0. The van der Waals surface area contributed by atoms with Crippen molar-refractivity contribution >= 4 is 21.6 Å². The highest BCUT2D eigenvalue weighted by molar-refractivity contribution is 7.89. The molecule has 27 heavy (non-hydrogen) atoms. The van der Waals surface area contributed by atoms with E-state index >= 15 is 0 Å². The number of carbonyl (C=O) groups is 1. The predicted molar refractivity (Wildman–Crippen MR) is 101 cm³/mol. The summed E-state index contributed by atoms with van der Waals surface area (Å²) in [6.07, 6.45) is 0. The molecule has 1 aliphatic rings. The first kappa shape index (κ1) is 18.9. The number of para-hydroxylation sites is 1. The summed E-state index contributed by atoms with van der Waals surface area (Å²) in [6, 6.07) is 17.5. The van der Waals surface area contributed by atoms with Gasteiger partial charge in [0.1, 0.15) is 6.07 Å². The van der Waals surface area contributed by atoms with Crippen molar-refractivity contribution in [3.8, 4) is 6.07 Å². The lowest BCUT2D eigenvalue weighted by Crippen LogP contribution is -2.51. The summed E-state index contributed by atoms with van der Waals surface area (Å²) in [7, 11) is -3.75.